The van der Waals surface area contributed by atoms with Crippen LogP contribution in [0.4, 0.5) is 0 Å². The Bertz CT molecular complexity index is 226. The summed E-state index contributed by atoms with van der Waals surface area (Å²) >= 11 is 0. The van der Waals surface area contributed by atoms with Gasteiger partial charge in [0.2, 0.25) is 27.4 Å². The van der Waals surface area contributed by atoms with E-state index in [1.54, 1.807) is 0 Å². The fourth-order valence-electron chi connectivity index (χ4n) is 3.06. The number of rotatable bonds is 9. The summed E-state index contributed by atoms with van der Waals surface area (Å²) in [5.41, 5.74) is 0. The topological polar surface area (TPSA) is 9.72 Å². The minimum atomic E-state index is -0.453. The maximum atomic E-state index is 2.95. The molecule has 0 spiro atoms. The van der Waals surface area contributed by atoms with Crippen LogP contribution in [0.25, 0.3) is 0 Å². The lowest BCUT2D eigenvalue weighted by atomic mass is 10.3. The number of hydrogen-bond acceptors (Lipinski definition) is 3. The molecule has 1 heterocycles. The van der Waals surface area contributed by atoms with Crippen LogP contribution in [-0.4, -0.2) is 59.7 Å². The van der Waals surface area contributed by atoms with E-state index < -0.39 is 27.4 Å². The lowest BCUT2D eigenvalue weighted by Crippen LogP contribution is -2.75. The first kappa shape index (κ1) is 19.6. The van der Waals surface area contributed by atoms with Crippen molar-refractivity contribution in [2.75, 3.05) is 19.6 Å². The van der Waals surface area contributed by atoms with E-state index >= 15 is 0 Å². The molecular weight excluding hydrogens is 306 g/mol. The Morgan fingerprint density at radius 1 is 0.524 bits per heavy atom. The molecular formula is C15H36N3Si3. The molecule has 6 heteroatoms. The molecule has 1 saturated heterocycles. The molecule has 3 nitrogen and oxygen atoms in total. The summed E-state index contributed by atoms with van der Waals surface area (Å²) < 4.78 is 8.84. The highest BCUT2D eigenvalue weighted by molar-refractivity contribution is 6.84. The van der Waals surface area contributed by atoms with Crippen molar-refractivity contribution in [3.63, 3.8) is 0 Å². The standard InChI is InChI=1S/C15H36N3Si3/c1-7-10-13-16-19(4)17(14-11-8-2)21(6)18(20(16)5)15-12-9-3/h7-15H2,1-6H3. The maximum Gasteiger partial charge on any atom is 0.213 e. The van der Waals surface area contributed by atoms with Gasteiger partial charge in [-0.1, -0.05) is 40.0 Å². The SMILES string of the molecule is CCCCN1[Si](C)N(CCCC)[Si](C)N(CCCC)[Si]1C. The Labute approximate surface area is 139 Å². The van der Waals surface area contributed by atoms with E-state index in [1.807, 2.05) is 0 Å². The molecule has 1 aliphatic rings. The van der Waals surface area contributed by atoms with Gasteiger partial charge >= 0.3 is 0 Å². The molecule has 123 valence electrons. The Morgan fingerprint density at radius 2 is 0.762 bits per heavy atom. The molecule has 0 N–H and O–H groups in total. The van der Waals surface area contributed by atoms with E-state index in [2.05, 4.69) is 53.1 Å². The zero-order chi connectivity index (χ0) is 15.8. The summed E-state index contributed by atoms with van der Waals surface area (Å²) in [6.45, 7) is 18.7. The maximum absolute atomic E-state index is 2.95. The lowest BCUT2D eigenvalue weighted by Gasteiger charge is -2.53. The molecule has 0 aromatic carbocycles. The molecule has 0 aliphatic carbocycles. The van der Waals surface area contributed by atoms with Crippen molar-refractivity contribution in [3.8, 4) is 0 Å². The van der Waals surface area contributed by atoms with Crippen LogP contribution in [0.2, 0.25) is 19.6 Å². The van der Waals surface area contributed by atoms with Crippen LogP contribution in [0.5, 0.6) is 0 Å². The van der Waals surface area contributed by atoms with Crippen molar-refractivity contribution in [3.05, 3.63) is 0 Å². The van der Waals surface area contributed by atoms with Crippen LogP contribution in [-0.2, 0) is 0 Å². The molecule has 0 bridgehead atoms. The van der Waals surface area contributed by atoms with E-state index in [-0.39, 0.29) is 0 Å². The summed E-state index contributed by atoms with van der Waals surface area (Å²) in [7, 11) is -1.36. The zero-order valence-electron chi connectivity index (χ0n) is 15.2. The quantitative estimate of drug-likeness (QED) is 0.592. The second-order valence-electron chi connectivity index (χ2n) is 6.16. The summed E-state index contributed by atoms with van der Waals surface area (Å²) in [6, 6.07) is 0. The van der Waals surface area contributed by atoms with Crippen LogP contribution in [0.3, 0.4) is 0 Å². The van der Waals surface area contributed by atoms with Gasteiger partial charge in [-0.15, -0.1) is 0 Å². The first-order chi connectivity index (χ1) is 10.1. The fraction of sp³-hybridized carbons (Fsp3) is 1.00. The highest BCUT2D eigenvalue weighted by Gasteiger charge is 2.43. The van der Waals surface area contributed by atoms with Crippen molar-refractivity contribution >= 4 is 27.4 Å². The Hall–Kier alpha value is 0.531. The van der Waals surface area contributed by atoms with Crippen molar-refractivity contribution in [1.82, 2.24) is 12.7 Å². The zero-order valence-corrected chi connectivity index (χ0v) is 18.2. The van der Waals surface area contributed by atoms with Crippen molar-refractivity contribution < 1.29 is 0 Å². The van der Waals surface area contributed by atoms with Crippen LogP contribution >= 0.6 is 0 Å². The molecule has 3 radical (unpaired) electrons. The highest BCUT2D eigenvalue weighted by atomic mass is 28.4. The van der Waals surface area contributed by atoms with Gasteiger partial charge in [0.15, 0.2) is 0 Å². The molecule has 21 heavy (non-hydrogen) atoms. The third-order valence-electron chi connectivity index (χ3n) is 4.55. The van der Waals surface area contributed by atoms with E-state index in [0.717, 1.165) is 0 Å². The van der Waals surface area contributed by atoms with Crippen LogP contribution in [0.15, 0.2) is 0 Å². The van der Waals surface area contributed by atoms with Crippen LogP contribution in [0.1, 0.15) is 59.3 Å². The molecule has 0 amide bonds. The van der Waals surface area contributed by atoms with Gasteiger partial charge < -0.3 is 12.7 Å². The average molecular weight is 343 g/mol. The highest BCUT2D eigenvalue weighted by Crippen LogP contribution is 2.21. The molecule has 0 unspecified atom stereocenters. The molecule has 1 fully saturated rings. The van der Waals surface area contributed by atoms with Gasteiger partial charge in [0.05, 0.1) is 0 Å². The van der Waals surface area contributed by atoms with E-state index in [9.17, 15) is 0 Å². The fourth-order valence-corrected chi connectivity index (χ4v) is 15.5. The molecule has 0 aromatic rings. The van der Waals surface area contributed by atoms with Gasteiger partial charge in [-0.25, -0.2) is 0 Å². The van der Waals surface area contributed by atoms with Gasteiger partial charge in [-0.2, -0.15) is 0 Å². The molecule has 0 saturated carbocycles. The summed E-state index contributed by atoms with van der Waals surface area (Å²) in [5.74, 6) is 0. The van der Waals surface area contributed by atoms with Crippen molar-refractivity contribution in [1.29, 1.82) is 0 Å². The second kappa shape index (κ2) is 10.3. The van der Waals surface area contributed by atoms with E-state index in [1.165, 1.54) is 58.2 Å². The first-order valence-corrected chi connectivity index (χ1v) is 14.6. The molecule has 1 rings (SSSR count). The third kappa shape index (κ3) is 5.28. The summed E-state index contributed by atoms with van der Waals surface area (Å²) in [5, 5.41) is 0. The van der Waals surface area contributed by atoms with Crippen LogP contribution < -0.4 is 0 Å². The summed E-state index contributed by atoms with van der Waals surface area (Å²) in [4.78, 5) is 0. The Morgan fingerprint density at radius 3 is 0.952 bits per heavy atom. The number of nitrogens with zero attached hydrogens (tertiary/aromatic N) is 3. The summed E-state index contributed by atoms with van der Waals surface area (Å²) in [6.07, 6.45) is 8.11. The van der Waals surface area contributed by atoms with Crippen LogP contribution in [0, 0.1) is 0 Å². The van der Waals surface area contributed by atoms with Gasteiger partial charge in [-0.3, -0.25) is 0 Å². The molecule has 0 aromatic heterocycles. The van der Waals surface area contributed by atoms with Gasteiger partial charge in [0.25, 0.3) is 0 Å². The van der Waals surface area contributed by atoms with E-state index in [4.69, 9.17) is 0 Å². The van der Waals surface area contributed by atoms with Crippen molar-refractivity contribution in [2.45, 2.75) is 78.9 Å². The average Bonchev–Trinajstić information content (AvgIpc) is 2.47. The number of unbranched alkanes of at least 4 members (excludes halogenated alkanes) is 3. The minimum Gasteiger partial charge on any atom is -0.322 e. The lowest BCUT2D eigenvalue weighted by molar-refractivity contribution is 0.419. The molecule has 1 aliphatic heterocycles. The first-order valence-electron chi connectivity index (χ1n) is 8.91. The smallest absolute Gasteiger partial charge is 0.213 e. The minimum absolute atomic E-state index is 0.453. The normalized spacial score (nSPS) is 21.4. The van der Waals surface area contributed by atoms with Gasteiger partial charge in [0.1, 0.15) is 0 Å². The largest absolute Gasteiger partial charge is 0.322 e. The third-order valence-corrected chi connectivity index (χ3v) is 16.4. The predicted octanol–water partition coefficient (Wildman–Crippen LogP) is 3.66. The Balaban J connectivity index is 2.82. The van der Waals surface area contributed by atoms with Crippen molar-refractivity contribution in [2.24, 2.45) is 0 Å². The monoisotopic (exact) mass is 342 g/mol. The number of hydrogen-bond donors (Lipinski definition) is 0. The predicted molar refractivity (Wildman–Crippen MR) is 99.7 cm³/mol. The van der Waals surface area contributed by atoms with E-state index in [0.29, 0.717) is 0 Å². The Kier molecular flexibility index (Phi) is 9.63. The molecule has 0 atom stereocenters. The van der Waals surface area contributed by atoms with Gasteiger partial charge in [-0.05, 0) is 58.5 Å². The second-order valence-corrected chi connectivity index (χ2v) is 14.0. The van der Waals surface area contributed by atoms with Gasteiger partial charge in [0, 0.05) is 0 Å².